The van der Waals surface area contributed by atoms with Gasteiger partial charge in [0.25, 0.3) is 0 Å². The summed E-state index contributed by atoms with van der Waals surface area (Å²) in [4.78, 5) is 37.4. The number of nitrogens with one attached hydrogen (secondary N) is 1. The van der Waals surface area contributed by atoms with Crippen molar-refractivity contribution in [3.05, 3.63) is 42.7 Å². The van der Waals surface area contributed by atoms with Crippen LogP contribution in [0.1, 0.15) is 25.7 Å². The van der Waals surface area contributed by atoms with Gasteiger partial charge in [0.2, 0.25) is 17.8 Å². The van der Waals surface area contributed by atoms with Crippen LogP contribution in [-0.4, -0.2) is 41.4 Å². The molecule has 0 radical (unpaired) electrons. The molecule has 2 aliphatic heterocycles. The number of para-hydroxylation sites is 1. The molecule has 27 heavy (non-hydrogen) atoms. The van der Waals surface area contributed by atoms with Crippen LogP contribution >= 0.6 is 0 Å². The molecule has 2 aromatic rings. The first-order valence-electron chi connectivity index (χ1n) is 9.44. The Morgan fingerprint density at radius 3 is 2.44 bits per heavy atom. The van der Waals surface area contributed by atoms with E-state index in [1.165, 1.54) is 6.42 Å². The SMILES string of the molecule is O=C(Nc1cnc(N2CCCCC2)nc1)C1CC(=O)N(c2ccccc2)C1. The summed E-state index contributed by atoms with van der Waals surface area (Å²) in [6.45, 7) is 2.35. The lowest BCUT2D eigenvalue weighted by Crippen LogP contribution is -2.31. The summed E-state index contributed by atoms with van der Waals surface area (Å²) >= 11 is 0. The fourth-order valence-corrected chi connectivity index (χ4v) is 3.63. The van der Waals surface area contributed by atoms with Crippen molar-refractivity contribution >= 4 is 29.1 Å². The molecule has 2 amide bonds. The first-order valence-corrected chi connectivity index (χ1v) is 9.44. The minimum absolute atomic E-state index is 0.0296. The fraction of sp³-hybridized carbons (Fsp3) is 0.400. The van der Waals surface area contributed by atoms with Crippen LogP contribution in [0.25, 0.3) is 0 Å². The zero-order chi connectivity index (χ0) is 18.6. The second-order valence-corrected chi connectivity index (χ2v) is 7.05. The van der Waals surface area contributed by atoms with Crippen molar-refractivity contribution in [1.82, 2.24) is 9.97 Å². The molecule has 0 spiro atoms. The van der Waals surface area contributed by atoms with Crippen molar-refractivity contribution in [2.75, 3.05) is 34.8 Å². The predicted octanol–water partition coefficient (Wildman–Crippen LogP) is 2.46. The summed E-state index contributed by atoms with van der Waals surface area (Å²) in [5.41, 5.74) is 1.39. The van der Waals surface area contributed by atoms with Crippen molar-refractivity contribution < 1.29 is 9.59 Å². The average molecular weight is 365 g/mol. The van der Waals surface area contributed by atoms with Crippen LogP contribution in [-0.2, 0) is 9.59 Å². The summed E-state index contributed by atoms with van der Waals surface area (Å²) < 4.78 is 0. The molecule has 1 N–H and O–H groups in total. The first-order chi connectivity index (χ1) is 13.2. The normalized spacial score (nSPS) is 20.0. The maximum absolute atomic E-state index is 12.6. The molecule has 140 valence electrons. The number of carbonyl (C=O) groups excluding carboxylic acids is 2. The molecule has 1 aromatic heterocycles. The minimum atomic E-state index is -0.375. The summed E-state index contributed by atoms with van der Waals surface area (Å²) in [7, 11) is 0. The summed E-state index contributed by atoms with van der Waals surface area (Å²) in [6, 6.07) is 9.44. The molecule has 3 heterocycles. The van der Waals surface area contributed by atoms with Gasteiger partial charge in [-0.15, -0.1) is 0 Å². The zero-order valence-corrected chi connectivity index (χ0v) is 15.2. The number of aromatic nitrogens is 2. The molecule has 1 aromatic carbocycles. The van der Waals surface area contributed by atoms with E-state index in [1.807, 2.05) is 30.3 Å². The predicted molar refractivity (Wildman–Crippen MR) is 104 cm³/mol. The van der Waals surface area contributed by atoms with Crippen molar-refractivity contribution in [3.63, 3.8) is 0 Å². The quantitative estimate of drug-likeness (QED) is 0.900. The summed E-state index contributed by atoms with van der Waals surface area (Å²) in [6.07, 6.45) is 7.07. The molecule has 1 atom stereocenters. The van der Waals surface area contributed by atoms with E-state index in [1.54, 1.807) is 17.3 Å². The van der Waals surface area contributed by atoms with Crippen LogP contribution in [0.15, 0.2) is 42.7 Å². The molecule has 7 heteroatoms. The Kier molecular flexibility index (Phi) is 5.00. The van der Waals surface area contributed by atoms with Crippen LogP contribution in [0.3, 0.4) is 0 Å². The van der Waals surface area contributed by atoms with E-state index >= 15 is 0 Å². The van der Waals surface area contributed by atoms with Gasteiger partial charge in [-0.25, -0.2) is 9.97 Å². The monoisotopic (exact) mass is 365 g/mol. The van der Waals surface area contributed by atoms with Gasteiger partial charge in [0.15, 0.2) is 0 Å². The van der Waals surface area contributed by atoms with Gasteiger partial charge in [-0.2, -0.15) is 0 Å². The smallest absolute Gasteiger partial charge is 0.229 e. The van der Waals surface area contributed by atoms with Gasteiger partial charge in [-0.1, -0.05) is 18.2 Å². The number of benzene rings is 1. The Morgan fingerprint density at radius 1 is 1.04 bits per heavy atom. The second-order valence-electron chi connectivity index (χ2n) is 7.05. The number of hydrogen-bond acceptors (Lipinski definition) is 5. The molecule has 2 fully saturated rings. The van der Waals surface area contributed by atoms with Crippen molar-refractivity contribution in [2.24, 2.45) is 5.92 Å². The Bertz CT molecular complexity index is 803. The topological polar surface area (TPSA) is 78.4 Å². The third kappa shape index (κ3) is 3.92. The highest BCUT2D eigenvalue weighted by Gasteiger charge is 2.35. The molecule has 2 aliphatic rings. The third-order valence-corrected chi connectivity index (χ3v) is 5.11. The Morgan fingerprint density at radius 2 is 1.74 bits per heavy atom. The lowest BCUT2D eigenvalue weighted by atomic mass is 10.1. The van der Waals surface area contributed by atoms with Gasteiger partial charge in [0.1, 0.15) is 0 Å². The van der Waals surface area contributed by atoms with Crippen LogP contribution in [0.2, 0.25) is 0 Å². The molecule has 1 unspecified atom stereocenters. The molecule has 0 bridgehead atoms. The number of rotatable bonds is 4. The van der Waals surface area contributed by atoms with Crippen molar-refractivity contribution in [1.29, 1.82) is 0 Å². The highest BCUT2D eigenvalue weighted by atomic mass is 16.2. The lowest BCUT2D eigenvalue weighted by Gasteiger charge is -2.26. The Labute approximate surface area is 158 Å². The van der Waals surface area contributed by atoms with Crippen LogP contribution in [0, 0.1) is 5.92 Å². The van der Waals surface area contributed by atoms with Gasteiger partial charge in [-0.3, -0.25) is 9.59 Å². The molecular formula is C20H23N5O2. The standard InChI is InChI=1S/C20H23N5O2/c26-18-11-15(14-25(18)17-7-3-1-4-8-17)19(27)23-16-12-21-20(22-13-16)24-9-5-2-6-10-24/h1,3-4,7-8,12-13,15H,2,5-6,9-11,14H2,(H,23,27). The van der Waals surface area contributed by atoms with Crippen molar-refractivity contribution in [2.45, 2.75) is 25.7 Å². The van der Waals surface area contributed by atoms with Gasteiger partial charge in [0.05, 0.1) is 24.0 Å². The molecule has 0 saturated carbocycles. The largest absolute Gasteiger partial charge is 0.341 e. The minimum Gasteiger partial charge on any atom is -0.341 e. The van der Waals surface area contributed by atoms with E-state index < -0.39 is 0 Å². The summed E-state index contributed by atoms with van der Waals surface area (Å²) in [5.74, 6) is 0.132. The van der Waals surface area contributed by atoms with E-state index in [4.69, 9.17) is 0 Å². The molecular weight excluding hydrogens is 342 g/mol. The summed E-state index contributed by atoms with van der Waals surface area (Å²) in [5, 5.41) is 2.85. The number of amides is 2. The van der Waals surface area contributed by atoms with Gasteiger partial charge in [-0.05, 0) is 31.4 Å². The number of hydrogen-bond donors (Lipinski definition) is 1. The zero-order valence-electron chi connectivity index (χ0n) is 15.2. The number of piperidine rings is 1. The maximum Gasteiger partial charge on any atom is 0.229 e. The van der Waals surface area contributed by atoms with Gasteiger partial charge >= 0.3 is 0 Å². The van der Waals surface area contributed by atoms with E-state index in [-0.39, 0.29) is 24.2 Å². The van der Waals surface area contributed by atoms with E-state index in [9.17, 15) is 9.59 Å². The maximum atomic E-state index is 12.6. The molecule has 7 nitrogen and oxygen atoms in total. The Balaban J connectivity index is 1.37. The van der Waals surface area contributed by atoms with Gasteiger partial charge in [0, 0.05) is 31.7 Å². The highest BCUT2D eigenvalue weighted by molar-refractivity contribution is 6.03. The number of carbonyl (C=O) groups is 2. The number of nitrogens with zero attached hydrogens (tertiary/aromatic N) is 4. The lowest BCUT2D eigenvalue weighted by molar-refractivity contribution is -0.122. The van der Waals surface area contributed by atoms with Gasteiger partial charge < -0.3 is 15.1 Å². The molecule has 2 saturated heterocycles. The van der Waals surface area contributed by atoms with Crippen LogP contribution in [0.4, 0.5) is 17.3 Å². The number of anilines is 3. The molecule has 4 rings (SSSR count). The average Bonchev–Trinajstić information content (AvgIpc) is 3.12. The van der Waals surface area contributed by atoms with Crippen LogP contribution in [0.5, 0.6) is 0 Å². The fourth-order valence-electron chi connectivity index (χ4n) is 3.63. The van der Waals surface area contributed by atoms with E-state index in [2.05, 4.69) is 20.2 Å². The van der Waals surface area contributed by atoms with E-state index in [0.717, 1.165) is 31.6 Å². The van der Waals surface area contributed by atoms with Crippen molar-refractivity contribution in [3.8, 4) is 0 Å². The first kappa shape index (κ1) is 17.5. The molecule has 0 aliphatic carbocycles. The second kappa shape index (κ2) is 7.73. The van der Waals surface area contributed by atoms with Crippen LogP contribution < -0.4 is 15.1 Å². The van der Waals surface area contributed by atoms with E-state index in [0.29, 0.717) is 18.2 Å². The highest BCUT2D eigenvalue weighted by Crippen LogP contribution is 2.26. The third-order valence-electron chi connectivity index (χ3n) is 5.11. The Hall–Kier alpha value is -2.96.